The quantitative estimate of drug-likeness (QED) is 0.854. The summed E-state index contributed by atoms with van der Waals surface area (Å²) in [4.78, 5) is 4.90. The second-order valence-corrected chi connectivity index (χ2v) is 10.2. The van der Waals surface area contributed by atoms with Gasteiger partial charge in [-0.25, -0.2) is 0 Å². The molecule has 1 aliphatic carbocycles. The fourth-order valence-corrected chi connectivity index (χ4v) is 7.70. The maximum absolute atomic E-state index is 11.3. The Morgan fingerprint density at radius 3 is 2.36 bits per heavy atom. The highest BCUT2D eigenvalue weighted by Crippen LogP contribution is 2.52. The molecule has 3 aliphatic rings. The van der Waals surface area contributed by atoms with Gasteiger partial charge < -0.3 is 10.0 Å². The number of rotatable bonds is 2. The van der Waals surface area contributed by atoms with Gasteiger partial charge in [0.2, 0.25) is 0 Å². The van der Waals surface area contributed by atoms with Crippen LogP contribution < -0.4 is 0 Å². The van der Waals surface area contributed by atoms with E-state index in [0.717, 1.165) is 25.9 Å². The fourth-order valence-electron chi connectivity index (χ4n) is 5.07. The van der Waals surface area contributed by atoms with Gasteiger partial charge in [0.25, 0.3) is 0 Å². The summed E-state index contributed by atoms with van der Waals surface area (Å²) in [6.07, 6.45) is 1.88. The molecule has 4 rings (SSSR count). The first kappa shape index (κ1) is 18.2. The number of likely N-dealkylation sites (tertiary alicyclic amines) is 1. The summed E-state index contributed by atoms with van der Waals surface area (Å²) in [7, 11) is 4.19. The minimum Gasteiger partial charge on any atom is -0.390 e. The van der Waals surface area contributed by atoms with Gasteiger partial charge in [0, 0.05) is 34.5 Å². The van der Waals surface area contributed by atoms with Crippen molar-refractivity contribution in [3.8, 4) is 0 Å². The van der Waals surface area contributed by atoms with E-state index in [9.17, 15) is 5.11 Å². The zero-order valence-electron chi connectivity index (χ0n) is 15.4. The van der Waals surface area contributed by atoms with Gasteiger partial charge in [0.15, 0.2) is 0 Å². The van der Waals surface area contributed by atoms with Crippen molar-refractivity contribution in [2.45, 2.75) is 36.4 Å². The molecular formula is C20H30N2OS2. The zero-order chi connectivity index (χ0) is 17.4. The summed E-state index contributed by atoms with van der Waals surface area (Å²) in [5.74, 6) is 5.16. The maximum atomic E-state index is 11.3. The first-order valence-electron chi connectivity index (χ1n) is 9.47. The summed E-state index contributed by atoms with van der Waals surface area (Å²) in [5, 5.41) is 11.3. The minimum absolute atomic E-state index is 0.0486. The van der Waals surface area contributed by atoms with E-state index < -0.39 is 0 Å². The molecular weight excluding hydrogens is 348 g/mol. The topological polar surface area (TPSA) is 26.7 Å². The number of likely N-dealkylation sites (N-methyl/N-ethyl adjacent to an activating group) is 1. The molecule has 0 aromatic heterocycles. The Bertz CT molecular complexity index is 593. The zero-order valence-corrected chi connectivity index (χ0v) is 17.0. The number of piperidine rings is 1. The molecule has 1 N–H and O–H groups in total. The number of nitrogens with zero attached hydrogens (tertiary/aromatic N) is 2. The molecule has 2 heterocycles. The van der Waals surface area contributed by atoms with Crippen LogP contribution in [0.2, 0.25) is 0 Å². The van der Waals surface area contributed by atoms with Crippen molar-refractivity contribution in [1.29, 1.82) is 0 Å². The molecule has 138 valence electrons. The summed E-state index contributed by atoms with van der Waals surface area (Å²) >= 11 is 4.23. The van der Waals surface area contributed by atoms with Crippen LogP contribution >= 0.6 is 23.5 Å². The van der Waals surface area contributed by atoms with Crippen molar-refractivity contribution < 1.29 is 5.11 Å². The molecule has 0 saturated carbocycles. The lowest BCUT2D eigenvalue weighted by atomic mass is 9.71. The number of aliphatic hydroxyl groups excluding tert-OH is 1. The third kappa shape index (κ3) is 3.16. The van der Waals surface area contributed by atoms with Crippen molar-refractivity contribution in [3.63, 3.8) is 0 Å². The Hall–Kier alpha value is -0.200. The van der Waals surface area contributed by atoms with Crippen LogP contribution in [0.3, 0.4) is 0 Å². The molecule has 5 heteroatoms. The normalized spacial score (nSPS) is 30.6. The molecule has 0 bridgehead atoms. The van der Waals surface area contributed by atoms with Crippen LogP contribution in [-0.2, 0) is 5.41 Å². The average molecular weight is 379 g/mol. The predicted molar refractivity (Wildman–Crippen MR) is 110 cm³/mol. The molecule has 0 radical (unpaired) electrons. The number of thioether (sulfide) groups is 2. The summed E-state index contributed by atoms with van der Waals surface area (Å²) in [5.41, 5.74) is 2.70. The first-order valence-corrected chi connectivity index (χ1v) is 11.8. The van der Waals surface area contributed by atoms with Gasteiger partial charge in [0.05, 0.1) is 12.1 Å². The van der Waals surface area contributed by atoms with E-state index in [4.69, 9.17) is 0 Å². The van der Waals surface area contributed by atoms with Crippen molar-refractivity contribution in [3.05, 3.63) is 35.4 Å². The second-order valence-electron chi connectivity index (χ2n) is 7.94. The van der Waals surface area contributed by atoms with Gasteiger partial charge >= 0.3 is 0 Å². The average Bonchev–Trinajstić information content (AvgIpc) is 2.80. The van der Waals surface area contributed by atoms with Gasteiger partial charge in [-0.1, -0.05) is 24.3 Å². The molecule has 2 atom stereocenters. The number of fused-ring (bicyclic) bond motifs is 2. The van der Waals surface area contributed by atoms with E-state index in [1.54, 1.807) is 0 Å². The van der Waals surface area contributed by atoms with Crippen LogP contribution in [0.15, 0.2) is 24.3 Å². The molecule has 25 heavy (non-hydrogen) atoms. The van der Waals surface area contributed by atoms with E-state index >= 15 is 0 Å². The molecule has 2 fully saturated rings. The van der Waals surface area contributed by atoms with Crippen LogP contribution in [0.25, 0.3) is 0 Å². The van der Waals surface area contributed by atoms with Crippen molar-refractivity contribution in [2.24, 2.45) is 0 Å². The molecule has 1 aromatic carbocycles. The standard InChI is InChI=1S/C20H30N2OS2/c1-21(2)18-16-5-3-4-6-17(16)20(19(18)23)7-9-22(10-8-20)15-13-24-11-12-25-14-15/h3-6,15,18-19,23H,7-14H2,1-2H3/t18-,19+/m1/s1. The highest BCUT2D eigenvalue weighted by molar-refractivity contribution is 8.03. The SMILES string of the molecule is CN(C)[C@@H]1c2ccccc2C2(CCN(C3CSCCSC3)CC2)[C@H]1O. The lowest BCUT2D eigenvalue weighted by Crippen LogP contribution is -2.52. The third-order valence-electron chi connectivity index (χ3n) is 6.44. The van der Waals surface area contributed by atoms with E-state index in [-0.39, 0.29) is 17.6 Å². The second kappa shape index (κ2) is 7.43. The molecule has 2 aliphatic heterocycles. The lowest BCUT2D eigenvalue weighted by Gasteiger charge is -2.45. The molecule has 0 unspecified atom stereocenters. The smallest absolute Gasteiger partial charge is 0.0834 e. The van der Waals surface area contributed by atoms with Crippen LogP contribution in [0.4, 0.5) is 0 Å². The molecule has 0 amide bonds. The summed E-state index contributed by atoms with van der Waals surface area (Å²) in [6, 6.07) is 9.62. The summed E-state index contributed by atoms with van der Waals surface area (Å²) in [6.45, 7) is 2.24. The van der Waals surface area contributed by atoms with Gasteiger partial charge in [-0.05, 0) is 51.2 Å². The van der Waals surface area contributed by atoms with E-state index in [0.29, 0.717) is 6.04 Å². The monoisotopic (exact) mass is 378 g/mol. The fraction of sp³-hybridized carbons (Fsp3) is 0.700. The number of hydrogen-bond donors (Lipinski definition) is 1. The number of benzene rings is 1. The maximum Gasteiger partial charge on any atom is 0.0834 e. The third-order valence-corrected chi connectivity index (χ3v) is 8.92. The molecule has 2 saturated heterocycles. The Kier molecular flexibility index (Phi) is 5.40. The Morgan fingerprint density at radius 2 is 1.72 bits per heavy atom. The largest absolute Gasteiger partial charge is 0.390 e. The van der Waals surface area contributed by atoms with Gasteiger partial charge in [-0.2, -0.15) is 23.5 Å². The van der Waals surface area contributed by atoms with Crippen LogP contribution in [-0.4, -0.2) is 77.2 Å². The van der Waals surface area contributed by atoms with Crippen molar-refractivity contribution in [2.75, 3.05) is 50.2 Å². The van der Waals surface area contributed by atoms with Crippen LogP contribution in [0.1, 0.15) is 30.0 Å². The number of aliphatic hydroxyl groups is 1. The highest BCUT2D eigenvalue weighted by Gasteiger charge is 2.53. The van der Waals surface area contributed by atoms with Gasteiger partial charge in [0.1, 0.15) is 0 Å². The first-order chi connectivity index (χ1) is 12.1. The highest BCUT2D eigenvalue weighted by atomic mass is 32.2. The Balaban J connectivity index is 1.55. The molecule has 1 aromatic rings. The Morgan fingerprint density at radius 1 is 1.08 bits per heavy atom. The van der Waals surface area contributed by atoms with E-state index in [2.05, 4.69) is 71.7 Å². The Labute approximate surface area is 160 Å². The van der Waals surface area contributed by atoms with Crippen molar-refractivity contribution >= 4 is 23.5 Å². The molecule has 1 spiro atoms. The van der Waals surface area contributed by atoms with Crippen LogP contribution in [0, 0.1) is 0 Å². The summed E-state index contributed by atoms with van der Waals surface area (Å²) < 4.78 is 0. The van der Waals surface area contributed by atoms with Crippen LogP contribution in [0.5, 0.6) is 0 Å². The minimum atomic E-state index is -0.292. The van der Waals surface area contributed by atoms with Gasteiger partial charge in [-0.3, -0.25) is 4.90 Å². The van der Waals surface area contributed by atoms with Gasteiger partial charge in [-0.15, -0.1) is 0 Å². The molecule has 3 nitrogen and oxygen atoms in total. The van der Waals surface area contributed by atoms with Crippen molar-refractivity contribution in [1.82, 2.24) is 9.80 Å². The van der Waals surface area contributed by atoms with E-state index in [1.807, 2.05) is 0 Å². The van der Waals surface area contributed by atoms with E-state index in [1.165, 1.54) is 34.1 Å². The lowest BCUT2D eigenvalue weighted by molar-refractivity contribution is -0.00662. The number of hydrogen-bond acceptors (Lipinski definition) is 5. The predicted octanol–water partition coefficient (Wildman–Crippen LogP) is 2.85.